The third-order valence-electron chi connectivity index (χ3n) is 8.76. The molecule has 0 spiro atoms. The highest BCUT2D eigenvalue weighted by atomic mass is 127. The van der Waals surface area contributed by atoms with Crippen LogP contribution in [0.5, 0.6) is 5.75 Å². The van der Waals surface area contributed by atoms with Gasteiger partial charge in [0.05, 0.1) is 34.6 Å². The van der Waals surface area contributed by atoms with Gasteiger partial charge in [0.25, 0.3) is 0 Å². The number of alkyl halides is 2. The Hall–Kier alpha value is -3.13. The molecule has 1 unspecified atom stereocenters. The fourth-order valence-corrected chi connectivity index (χ4v) is 8.43. The van der Waals surface area contributed by atoms with Crippen molar-refractivity contribution in [2.75, 3.05) is 39.3 Å². The van der Waals surface area contributed by atoms with Crippen LogP contribution in [0.2, 0.25) is 0 Å². The van der Waals surface area contributed by atoms with Crippen molar-refractivity contribution in [3.63, 3.8) is 0 Å². The fourth-order valence-electron chi connectivity index (χ4n) is 6.18. The normalized spacial score (nSPS) is 18.7. The van der Waals surface area contributed by atoms with Crippen molar-refractivity contribution in [2.24, 2.45) is 5.92 Å². The monoisotopic (exact) mass is 786 g/mol. The highest BCUT2D eigenvalue weighted by Crippen LogP contribution is 2.36. The lowest BCUT2D eigenvalue weighted by Gasteiger charge is -2.41. The first-order valence-corrected chi connectivity index (χ1v) is 17.8. The smallest absolute Gasteiger partial charge is 0.320 e. The number of ether oxygens (including phenoxy) is 1. The van der Waals surface area contributed by atoms with Crippen LogP contribution >= 0.6 is 22.6 Å². The number of likely N-dealkylation sites (tertiary alicyclic amines) is 1. The van der Waals surface area contributed by atoms with Crippen LogP contribution in [0, 0.1) is 18.7 Å². The molecule has 0 amide bonds. The summed E-state index contributed by atoms with van der Waals surface area (Å²) in [6, 6.07) is 5.84. The molecule has 1 aromatic carbocycles. The van der Waals surface area contributed by atoms with Gasteiger partial charge in [-0.2, -0.15) is 13.1 Å². The third-order valence-corrected chi connectivity index (χ3v) is 11.1. The molecule has 252 valence electrons. The second kappa shape index (κ2) is 13.4. The van der Waals surface area contributed by atoms with Crippen molar-refractivity contribution in [3.8, 4) is 17.0 Å². The minimum atomic E-state index is -3.32. The summed E-state index contributed by atoms with van der Waals surface area (Å²) in [6.45, 7) is 3.69. The molecule has 2 saturated heterocycles. The van der Waals surface area contributed by atoms with Gasteiger partial charge in [-0.1, -0.05) is 27.8 Å². The van der Waals surface area contributed by atoms with Crippen molar-refractivity contribution in [1.29, 1.82) is 0 Å². The van der Waals surface area contributed by atoms with Crippen molar-refractivity contribution in [3.05, 3.63) is 63.5 Å². The summed E-state index contributed by atoms with van der Waals surface area (Å²) in [5.41, 5.74) is 0.730. The molecule has 2 fully saturated rings. The maximum Gasteiger partial charge on any atom is 0.320 e. The first-order valence-electron chi connectivity index (χ1n) is 15.0. The number of hydrogen-bond donors (Lipinski definition) is 1. The summed E-state index contributed by atoms with van der Waals surface area (Å²) in [5, 5.41) is 21.2. The number of aromatic nitrogens is 6. The summed E-state index contributed by atoms with van der Waals surface area (Å²) in [6.07, 6.45) is 3.70. The molecule has 17 heteroatoms. The summed E-state index contributed by atoms with van der Waals surface area (Å²) >= 11 is 1.91. The molecule has 3 aromatic heterocycles. The van der Waals surface area contributed by atoms with Crippen LogP contribution < -0.4 is 4.74 Å². The van der Waals surface area contributed by atoms with E-state index in [2.05, 4.69) is 25.2 Å². The van der Waals surface area contributed by atoms with Gasteiger partial charge in [-0.3, -0.25) is 9.55 Å². The third kappa shape index (κ3) is 7.04. The zero-order valence-corrected chi connectivity index (χ0v) is 28.7. The molecule has 0 saturated carbocycles. The van der Waals surface area contributed by atoms with Crippen molar-refractivity contribution >= 4 is 43.6 Å². The van der Waals surface area contributed by atoms with Crippen molar-refractivity contribution < 1.29 is 31.4 Å². The number of imidazole rings is 1. The van der Waals surface area contributed by atoms with E-state index < -0.39 is 28.0 Å². The Bertz CT molecular complexity index is 1870. The Morgan fingerprint density at radius 3 is 2.60 bits per heavy atom. The Morgan fingerprint density at radius 1 is 1.19 bits per heavy atom. The topological polar surface area (TPSA) is 131 Å². The van der Waals surface area contributed by atoms with E-state index in [1.165, 1.54) is 32.9 Å². The van der Waals surface area contributed by atoms with Crippen LogP contribution in [0.3, 0.4) is 0 Å². The maximum atomic E-state index is 13.9. The molecule has 2 aliphatic heterocycles. The number of nitrogens with zero attached hydrogens (tertiary/aromatic N) is 8. The van der Waals surface area contributed by atoms with Crippen LogP contribution in [0.1, 0.15) is 43.7 Å². The first-order chi connectivity index (χ1) is 22.4. The second-order valence-corrected chi connectivity index (χ2v) is 14.7. The van der Waals surface area contributed by atoms with Gasteiger partial charge in [0, 0.05) is 38.3 Å². The number of aliphatic hydroxyl groups is 1. The number of benzene rings is 1. The van der Waals surface area contributed by atoms with E-state index in [-0.39, 0.29) is 35.1 Å². The Morgan fingerprint density at radius 2 is 1.94 bits per heavy atom. The van der Waals surface area contributed by atoms with Crippen molar-refractivity contribution in [2.45, 2.75) is 44.9 Å². The zero-order chi connectivity index (χ0) is 33.5. The summed E-state index contributed by atoms with van der Waals surface area (Å²) in [7, 11) is -3.32. The summed E-state index contributed by atoms with van der Waals surface area (Å²) in [5.74, 6) is -0.193. The summed E-state index contributed by atoms with van der Waals surface area (Å²) < 4.78 is 77.1. The van der Waals surface area contributed by atoms with E-state index >= 15 is 0 Å². The van der Waals surface area contributed by atoms with E-state index in [9.17, 15) is 26.7 Å². The van der Waals surface area contributed by atoms with Crippen LogP contribution in [0.4, 0.5) is 13.2 Å². The fraction of sp³-hybridized carbons (Fsp3) is 0.467. The molecular formula is C30H34F3IN8O4S. The minimum absolute atomic E-state index is 0.0534. The van der Waals surface area contributed by atoms with Gasteiger partial charge < -0.3 is 14.7 Å². The van der Waals surface area contributed by atoms with Gasteiger partial charge >= 0.3 is 6.55 Å². The summed E-state index contributed by atoms with van der Waals surface area (Å²) in [4.78, 5) is 10.5. The standard InChI is InChI=1S/C30H34F3IN8O4S/c1-19-27(37-38-42(19)23-5-8-39(9-6-23)14-20-15-40(16-20)47(44,45)10-7-34)21-11-24-28(41(18-36-24)29(32)33)25(12-21)46-17-30(2,43)26-4-3-22(31)13-35-26/h3-4,7,10-13,18,20,23,29,43H,5-6,8-9,14-17H2,1-2H3/b10-7+. The molecule has 1 N–H and O–H groups in total. The molecular weight excluding hydrogens is 752 g/mol. The lowest BCUT2D eigenvalue weighted by molar-refractivity contribution is 0.00395. The number of halogens is 4. The van der Waals surface area contributed by atoms with E-state index in [1.54, 1.807) is 12.1 Å². The number of rotatable bonds is 11. The van der Waals surface area contributed by atoms with Crippen LogP contribution in [-0.4, -0.2) is 91.6 Å². The Kier molecular flexibility index (Phi) is 9.63. The van der Waals surface area contributed by atoms with Crippen molar-refractivity contribution in [1.82, 2.24) is 38.7 Å². The molecule has 0 aliphatic carbocycles. The molecule has 0 bridgehead atoms. The molecule has 0 radical (unpaired) electrons. The molecule has 12 nitrogen and oxygen atoms in total. The molecule has 2 aliphatic rings. The molecule has 47 heavy (non-hydrogen) atoms. The van der Waals surface area contributed by atoms with E-state index in [4.69, 9.17) is 4.74 Å². The van der Waals surface area contributed by atoms with Crippen LogP contribution in [-0.2, 0) is 15.6 Å². The van der Waals surface area contributed by atoms with Gasteiger partial charge in [-0.25, -0.2) is 22.5 Å². The van der Waals surface area contributed by atoms with Gasteiger partial charge in [-0.15, -0.1) is 5.10 Å². The second-order valence-electron chi connectivity index (χ2n) is 12.2. The van der Waals surface area contributed by atoms with Gasteiger partial charge in [-0.05, 0) is 61.0 Å². The Labute approximate surface area is 283 Å². The first kappa shape index (κ1) is 33.8. The Balaban J connectivity index is 1.17. The lowest BCUT2D eigenvalue weighted by Crippen LogP contribution is -2.53. The predicted octanol–water partition coefficient (Wildman–Crippen LogP) is 4.62. The lowest BCUT2D eigenvalue weighted by atomic mass is 9.99. The maximum absolute atomic E-state index is 13.9. The average molecular weight is 787 g/mol. The SMILES string of the molecule is Cc1c(-c2cc(OCC(C)(O)c3ccc(F)cn3)c3c(c2)ncn3C(F)F)nnn1C1CCN(CC2CN(S(=O)(=O)/C=C/I)C2)CC1. The quantitative estimate of drug-likeness (QED) is 0.217. The molecule has 4 aromatic rings. The van der Waals surface area contributed by atoms with Crippen LogP contribution in [0.25, 0.3) is 22.3 Å². The zero-order valence-electron chi connectivity index (χ0n) is 25.7. The number of hydrogen-bond acceptors (Lipinski definition) is 9. The highest BCUT2D eigenvalue weighted by molar-refractivity contribution is 14.1. The van der Waals surface area contributed by atoms with Gasteiger partial charge in [0.15, 0.2) is 0 Å². The van der Waals surface area contributed by atoms with E-state index in [1.807, 2.05) is 34.2 Å². The minimum Gasteiger partial charge on any atom is -0.488 e. The number of fused-ring (bicyclic) bond motifs is 1. The molecule has 1 atom stereocenters. The van der Waals surface area contributed by atoms with E-state index in [0.29, 0.717) is 34.8 Å². The van der Waals surface area contributed by atoms with Gasteiger partial charge in [0.2, 0.25) is 10.0 Å². The largest absolute Gasteiger partial charge is 0.488 e. The average Bonchev–Trinajstić information content (AvgIpc) is 3.62. The number of piperidine rings is 1. The van der Waals surface area contributed by atoms with E-state index in [0.717, 1.165) is 50.7 Å². The number of pyridine rings is 1. The number of sulfonamides is 1. The highest BCUT2D eigenvalue weighted by Gasteiger charge is 2.36. The molecule has 6 rings (SSSR count). The van der Waals surface area contributed by atoms with Gasteiger partial charge in [0.1, 0.15) is 41.3 Å². The van der Waals surface area contributed by atoms with Crippen LogP contribution in [0.15, 0.2) is 46.3 Å². The predicted molar refractivity (Wildman–Crippen MR) is 176 cm³/mol. The molecule has 5 heterocycles.